The van der Waals surface area contributed by atoms with Gasteiger partial charge in [-0.05, 0) is 18.2 Å². The van der Waals surface area contributed by atoms with E-state index in [4.69, 9.17) is 14.2 Å². The van der Waals surface area contributed by atoms with E-state index in [0.717, 1.165) is 22.8 Å². The SMILES string of the molecule is COc1ccc(-c2[nH]c3ccccc3c2C=O)c(OC)c1OC. The number of carbonyl (C=O) groups excluding carboxylic acids is 1. The molecular formula is C18H17NO4. The third-order valence-electron chi connectivity index (χ3n) is 3.84. The van der Waals surface area contributed by atoms with E-state index in [1.54, 1.807) is 27.4 Å². The fourth-order valence-electron chi connectivity index (χ4n) is 2.80. The molecule has 0 radical (unpaired) electrons. The molecule has 1 heterocycles. The first-order valence-electron chi connectivity index (χ1n) is 7.10. The summed E-state index contributed by atoms with van der Waals surface area (Å²) in [5.41, 5.74) is 2.91. The van der Waals surface area contributed by atoms with Crippen molar-refractivity contribution in [2.24, 2.45) is 0 Å². The second-order valence-corrected chi connectivity index (χ2v) is 4.96. The van der Waals surface area contributed by atoms with Crippen LogP contribution in [-0.4, -0.2) is 32.6 Å². The number of fused-ring (bicyclic) bond motifs is 1. The lowest BCUT2D eigenvalue weighted by Crippen LogP contribution is -1.97. The van der Waals surface area contributed by atoms with Crippen LogP contribution < -0.4 is 14.2 Å². The number of hydrogen-bond donors (Lipinski definition) is 1. The summed E-state index contributed by atoms with van der Waals surface area (Å²) in [6.45, 7) is 0. The van der Waals surface area contributed by atoms with Crippen molar-refractivity contribution < 1.29 is 19.0 Å². The van der Waals surface area contributed by atoms with E-state index in [9.17, 15) is 4.79 Å². The summed E-state index contributed by atoms with van der Waals surface area (Å²) >= 11 is 0. The highest BCUT2D eigenvalue weighted by Gasteiger charge is 2.21. The van der Waals surface area contributed by atoms with Crippen LogP contribution in [0, 0.1) is 0 Å². The van der Waals surface area contributed by atoms with Gasteiger partial charge in [-0.15, -0.1) is 0 Å². The first-order chi connectivity index (χ1) is 11.2. The monoisotopic (exact) mass is 311 g/mol. The summed E-state index contributed by atoms with van der Waals surface area (Å²) in [7, 11) is 4.68. The molecule has 0 saturated heterocycles. The zero-order valence-corrected chi connectivity index (χ0v) is 13.2. The summed E-state index contributed by atoms with van der Waals surface area (Å²) in [6.07, 6.45) is 0.852. The number of para-hydroxylation sites is 1. The molecule has 5 nitrogen and oxygen atoms in total. The number of hydrogen-bond acceptors (Lipinski definition) is 4. The molecular weight excluding hydrogens is 294 g/mol. The number of methoxy groups -OCH3 is 3. The van der Waals surface area contributed by atoms with Crippen molar-refractivity contribution in [1.29, 1.82) is 0 Å². The molecule has 0 unspecified atom stereocenters. The number of aldehydes is 1. The number of H-pyrrole nitrogens is 1. The van der Waals surface area contributed by atoms with Gasteiger partial charge in [0.05, 0.1) is 27.0 Å². The predicted molar refractivity (Wildman–Crippen MR) is 88.8 cm³/mol. The van der Waals surface area contributed by atoms with Crippen molar-refractivity contribution in [2.75, 3.05) is 21.3 Å². The maximum absolute atomic E-state index is 11.6. The third kappa shape index (κ3) is 2.30. The molecule has 0 amide bonds. The van der Waals surface area contributed by atoms with Crippen LogP contribution in [-0.2, 0) is 0 Å². The average Bonchev–Trinajstić information content (AvgIpc) is 2.98. The molecule has 0 atom stereocenters. The molecule has 2 aromatic carbocycles. The zero-order chi connectivity index (χ0) is 16.4. The van der Waals surface area contributed by atoms with Gasteiger partial charge in [-0.25, -0.2) is 0 Å². The fourth-order valence-corrected chi connectivity index (χ4v) is 2.80. The standard InChI is InChI=1S/C18H17NO4/c1-21-15-9-8-12(17(22-2)18(15)23-3)16-13(10-20)11-6-4-5-7-14(11)19-16/h4-10,19H,1-3H3. The maximum atomic E-state index is 11.6. The number of aromatic amines is 1. The summed E-state index contributed by atoms with van der Waals surface area (Å²) < 4.78 is 16.2. The Morgan fingerprint density at radius 2 is 1.65 bits per heavy atom. The average molecular weight is 311 g/mol. The van der Waals surface area contributed by atoms with Gasteiger partial charge in [0.15, 0.2) is 17.8 Å². The van der Waals surface area contributed by atoms with E-state index in [1.165, 1.54) is 0 Å². The van der Waals surface area contributed by atoms with Crippen LogP contribution in [0.3, 0.4) is 0 Å². The summed E-state index contributed by atoms with van der Waals surface area (Å²) in [6, 6.07) is 11.3. The second-order valence-electron chi connectivity index (χ2n) is 4.96. The Bertz CT molecular complexity index is 867. The van der Waals surface area contributed by atoms with E-state index in [2.05, 4.69) is 4.98 Å². The number of rotatable bonds is 5. The van der Waals surface area contributed by atoms with Crippen LogP contribution in [0.25, 0.3) is 22.2 Å². The Labute approximate surface area is 133 Å². The Morgan fingerprint density at radius 1 is 0.913 bits per heavy atom. The molecule has 3 rings (SSSR count). The van der Waals surface area contributed by atoms with Gasteiger partial charge >= 0.3 is 0 Å². The van der Waals surface area contributed by atoms with Crippen molar-refractivity contribution in [3.8, 4) is 28.5 Å². The molecule has 0 spiro atoms. The van der Waals surface area contributed by atoms with Crippen molar-refractivity contribution >= 4 is 17.2 Å². The molecule has 0 aliphatic rings. The summed E-state index contributed by atoms with van der Waals surface area (Å²) in [4.78, 5) is 14.9. The highest BCUT2D eigenvalue weighted by molar-refractivity contribution is 6.05. The second kappa shape index (κ2) is 6.04. The van der Waals surface area contributed by atoms with Gasteiger partial charge in [-0.3, -0.25) is 4.79 Å². The molecule has 0 saturated carbocycles. The van der Waals surface area contributed by atoms with Crippen LogP contribution in [0.5, 0.6) is 17.2 Å². The van der Waals surface area contributed by atoms with Gasteiger partial charge in [0.1, 0.15) is 0 Å². The topological polar surface area (TPSA) is 60.6 Å². The first-order valence-corrected chi connectivity index (χ1v) is 7.10. The normalized spacial score (nSPS) is 10.6. The van der Waals surface area contributed by atoms with Gasteiger partial charge in [0, 0.05) is 22.0 Å². The quantitative estimate of drug-likeness (QED) is 0.730. The van der Waals surface area contributed by atoms with Gasteiger partial charge in [-0.1, -0.05) is 18.2 Å². The summed E-state index contributed by atoms with van der Waals surface area (Å²) in [5, 5.41) is 0.870. The molecule has 0 bridgehead atoms. The minimum atomic E-state index is 0.489. The van der Waals surface area contributed by atoms with Crippen molar-refractivity contribution in [3.63, 3.8) is 0 Å². The number of carbonyl (C=O) groups is 1. The van der Waals surface area contributed by atoms with Crippen LogP contribution in [0.2, 0.25) is 0 Å². The maximum Gasteiger partial charge on any atom is 0.203 e. The van der Waals surface area contributed by atoms with E-state index < -0.39 is 0 Å². The number of aromatic nitrogens is 1. The van der Waals surface area contributed by atoms with E-state index in [0.29, 0.717) is 28.5 Å². The lowest BCUT2D eigenvalue weighted by atomic mass is 10.0. The molecule has 0 fully saturated rings. The lowest BCUT2D eigenvalue weighted by Gasteiger charge is -2.15. The number of benzene rings is 2. The number of ether oxygens (including phenoxy) is 3. The van der Waals surface area contributed by atoms with E-state index in [-0.39, 0.29) is 0 Å². The van der Waals surface area contributed by atoms with Crippen LogP contribution in [0.1, 0.15) is 10.4 Å². The Balaban J connectivity index is 2.33. The van der Waals surface area contributed by atoms with Gasteiger partial charge < -0.3 is 19.2 Å². The molecule has 1 aromatic heterocycles. The Kier molecular flexibility index (Phi) is 3.93. The zero-order valence-electron chi connectivity index (χ0n) is 13.2. The van der Waals surface area contributed by atoms with Gasteiger partial charge in [0.25, 0.3) is 0 Å². The van der Waals surface area contributed by atoms with Gasteiger partial charge in [0.2, 0.25) is 5.75 Å². The molecule has 3 aromatic rings. The highest BCUT2D eigenvalue weighted by Crippen LogP contribution is 2.45. The minimum Gasteiger partial charge on any atom is -0.493 e. The smallest absolute Gasteiger partial charge is 0.203 e. The number of nitrogens with one attached hydrogen (secondary N) is 1. The van der Waals surface area contributed by atoms with Crippen LogP contribution in [0.4, 0.5) is 0 Å². The van der Waals surface area contributed by atoms with Gasteiger partial charge in [-0.2, -0.15) is 0 Å². The fraction of sp³-hybridized carbons (Fsp3) is 0.167. The van der Waals surface area contributed by atoms with Crippen LogP contribution in [0.15, 0.2) is 36.4 Å². The predicted octanol–water partition coefficient (Wildman–Crippen LogP) is 3.67. The van der Waals surface area contributed by atoms with Crippen LogP contribution >= 0.6 is 0 Å². The highest BCUT2D eigenvalue weighted by atomic mass is 16.5. The minimum absolute atomic E-state index is 0.489. The van der Waals surface area contributed by atoms with E-state index >= 15 is 0 Å². The first kappa shape index (κ1) is 15.0. The van der Waals surface area contributed by atoms with Crippen molar-refractivity contribution in [3.05, 3.63) is 42.0 Å². The van der Waals surface area contributed by atoms with Crippen molar-refractivity contribution in [1.82, 2.24) is 4.98 Å². The summed E-state index contributed by atoms with van der Waals surface area (Å²) in [5.74, 6) is 1.57. The molecule has 118 valence electrons. The molecule has 5 heteroatoms. The lowest BCUT2D eigenvalue weighted by molar-refractivity contribution is 0.112. The molecule has 0 aliphatic heterocycles. The van der Waals surface area contributed by atoms with E-state index in [1.807, 2.05) is 30.3 Å². The Morgan fingerprint density at radius 3 is 2.30 bits per heavy atom. The van der Waals surface area contributed by atoms with Crippen molar-refractivity contribution in [2.45, 2.75) is 0 Å². The largest absolute Gasteiger partial charge is 0.493 e. The Hall–Kier alpha value is -2.95. The molecule has 0 aliphatic carbocycles. The third-order valence-corrected chi connectivity index (χ3v) is 3.84. The molecule has 1 N–H and O–H groups in total. The molecule has 23 heavy (non-hydrogen) atoms.